The van der Waals surface area contributed by atoms with Crippen LogP contribution in [0.1, 0.15) is 115 Å². The van der Waals surface area contributed by atoms with E-state index in [1.54, 1.807) is 0 Å². The van der Waals surface area contributed by atoms with Gasteiger partial charge < -0.3 is 0 Å². The van der Waals surface area contributed by atoms with Gasteiger partial charge in [0.15, 0.2) is 0 Å². The van der Waals surface area contributed by atoms with E-state index in [0.717, 1.165) is 11.5 Å². The minimum Gasteiger partial charge on any atom is -0.0945 e. The summed E-state index contributed by atoms with van der Waals surface area (Å²) < 4.78 is 0. The van der Waals surface area contributed by atoms with Crippen molar-refractivity contribution in [1.29, 1.82) is 0 Å². The Labute approximate surface area is 204 Å². The van der Waals surface area contributed by atoms with E-state index < -0.39 is 0 Å². The highest BCUT2D eigenvalue weighted by molar-refractivity contribution is 5.64. The van der Waals surface area contributed by atoms with Crippen LogP contribution in [0.15, 0.2) is 48.5 Å². The van der Waals surface area contributed by atoms with Gasteiger partial charge in [-0.05, 0) is 73.3 Å². The number of aryl methyl sites for hydroxylation is 1. The molecule has 0 bridgehead atoms. The van der Waals surface area contributed by atoms with Crippen LogP contribution in [0.25, 0.3) is 11.1 Å². The van der Waals surface area contributed by atoms with E-state index >= 15 is 0 Å². The molecule has 0 heterocycles. The monoisotopic (exact) mass is 442 g/mol. The average molecular weight is 443 g/mol. The molecule has 0 unspecified atom stereocenters. The molecule has 1 saturated carbocycles. The molecule has 0 spiro atoms. The molecule has 1 aliphatic rings. The van der Waals surface area contributed by atoms with Crippen molar-refractivity contribution in [3.05, 3.63) is 59.7 Å². The fourth-order valence-electron chi connectivity index (χ4n) is 5.18. The van der Waals surface area contributed by atoms with Gasteiger partial charge >= 0.3 is 0 Å². The number of unbranched alkanes of at least 4 members (excludes halogenated alkanes) is 7. The number of hydrogen-bond donors (Lipinski definition) is 0. The fourth-order valence-corrected chi connectivity index (χ4v) is 5.18. The first kappa shape index (κ1) is 25.6. The summed E-state index contributed by atoms with van der Waals surface area (Å²) in [4.78, 5) is 0. The van der Waals surface area contributed by atoms with Gasteiger partial charge in [-0.2, -0.15) is 0 Å². The molecule has 0 aliphatic heterocycles. The molecule has 1 fully saturated rings. The Morgan fingerprint density at radius 2 is 1.21 bits per heavy atom. The number of hydrogen-bond acceptors (Lipinski definition) is 0. The molecule has 0 N–H and O–H groups in total. The second kappa shape index (κ2) is 15.0. The van der Waals surface area contributed by atoms with Crippen LogP contribution in [-0.4, -0.2) is 0 Å². The summed E-state index contributed by atoms with van der Waals surface area (Å²) in [6.45, 7) is 4.57. The molecule has 0 radical (unpaired) electrons. The van der Waals surface area contributed by atoms with E-state index in [0.29, 0.717) is 5.92 Å². The highest BCUT2D eigenvalue weighted by Crippen LogP contribution is 2.32. The predicted octanol–water partition coefficient (Wildman–Crippen LogP) is 9.99. The Bertz CT molecular complexity index is 822. The van der Waals surface area contributed by atoms with Crippen molar-refractivity contribution in [2.24, 2.45) is 11.8 Å². The summed E-state index contributed by atoms with van der Waals surface area (Å²) in [5, 5.41) is 0. The Kier molecular flexibility index (Phi) is 11.7. The molecule has 33 heavy (non-hydrogen) atoms. The van der Waals surface area contributed by atoms with Gasteiger partial charge in [0.05, 0.1) is 0 Å². The van der Waals surface area contributed by atoms with Crippen molar-refractivity contribution in [3.8, 4) is 23.0 Å². The minimum absolute atomic E-state index is 0.603. The summed E-state index contributed by atoms with van der Waals surface area (Å²) in [5.41, 5.74) is 5.21. The van der Waals surface area contributed by atoms with E-state index in [9.17, 15) is 0 Å². The first-order valence-corrected chi connectivity index (χ1v) is 14.0. The average Bonchev–Trinajstić information content (AvgIpc) is 2.87. The van der Waals surface area contributed by atoms with Crippen LogP contribution in [0.5, 0.6) is 0 Å². The second-order valence-corrected chi connectivity index (χ2v) is 10.3. The van der Waals surface area contributed by atoms with Crippen LogP contribution in [0.2, 0.25) is 0 Å². The van der Waals surface area contributed by atoms with E-state index in [2.05, 4.69) is 74.2 Å². The van der Waals surface area contributed by atoms with Gasteiger partial charge in [0.1, 0.15) is 0 Å². The van der Waals surface area contributed by atoms with E-state index in [4.69, 9.17) is 0 Å². The van der Waals surface area contributed by atoms with Crippen LogP contribution in [-0.2, 0) is 6.42 Å². The minimum atomic E-state index is 0.603. The zero-order valence-corrected chi connectivity index (χ0v) is 21.4. The van der Waals surface area contributed by atoms with Gasteiger partial charge in [-0.25, -0.2) is 0 Å². The molecular formula is C33H46. The highest BCUT2D eigenvalue weighted by atomic mass is 14.2. The van der Waals surface area contributed by atoms with Crippen LogP contribution in [0, 0.1) is 23.7 Å². The Morgan fingerprint density at radius 1 is 0.636 bits per heavy atom. The molecule has 0 heteroatoms. The molecule has 0 saturated heterocycles. The van der Waals surface area contributed by atoms with Crippen molar-refractivity contribution < 1.29 is 0 Å². The molecular weight excluding hydrogens is 396 g/mol. The van der Waals surface area contributed by atoms with E-state index in [1.165, 1.54) is 113 Å². The molecule has 0 amide bonds. The van der Waals surface area contributed by atoms with Crippen molar-refractivity contribution >= 4 is 0 Å². The maximum atomic E-state index is 3.59. The topological polar surface area (TPSA) is 0 Å². The van der Waals surface area contributed by atoms with E-state index in [1.807, 2.05) is 0 Å². The predicted molar refractivity (Wildman–Crippen MR) is 145 cm³/mol. The van der Waals surface area contributed by atoms with Gasteiger partial charge in [-0.3, -0.25) is 0 Å². The standard InChI is InChI=1S/C33H46/c1-3-5-7-9-11-13-28-14-16-30(17-15-28)18-19-31-22-26-33(27-23-31)32-24-20-29(21-25-32)12-10-8-6-4-2/h20-28,30H,3-17H2,1-2H3. The molecule has 2 aromatic rings. The van der Waals surface area contributed by atoms with Crippen molar-refractivity contribution in [3.63, 3.8) is 0 Å². The van der Waals surface area contributed by atoms with Gasteiger partial charge in [-0.1, -0.05) is 120 Å². The van der Waals surface area contributed by atoms with Gasteiger partial charge in [0.2, 0.25) is 0 Å². The lowest BCUT2D eigenvalue weighted by molar-refractivity contribution is 0.294. The van der Waals surface area contributed by atoms with Crippen molar-refractivity contribution in [2.45, 2.75) is 110 Å². The zero-order valence-electron chi connectivity index (χ0n) is 21.4. The van der Waals surface area contributed by atoms with Gasteiger partial charge in [0, 0.05) is 11.5 Å². The normalized spacial score (nSPS) is 18.0. The maximum Gasteiger partial charge on any atom is 0.0245 e. The first-order chi connectivity index (χ1) is 16.3. The van der Waals surface area contributed by atoms with Gasteiger partial charge in [-0.15, -0.1) is 0 Å². The van der Waals surface area contributed by atoms with Crippen LogP contribution in [0.3, 0.4) is 0 Å². The molecule has 0 nitrogen and oxygen atoms in total. The van der Waals surface area contributed by atoms with Crippen molar-refractivity contribution in [2.75, 3.05) is 0 Å². The molecule has 0 atom stereocenters. The largest absolute Gasteiger partial charge is 0.0945 e. The van der Waals surface area contributed by atoms with E-state index in [-0.39, 0.29) is 0 Å². The summed E-state index contributed by atoms with van der Waals surface area (Å²) in [6, 6.07) is 18.0. The smallest absolute Gasteiger partial charge is 0.0245 e. The van der Waals surface area contributed by atoms with Crippen LogP contribution < -0.4 is 0 Å². The second-order valence-electron chi connectivity index (χ2n) is 10.3. The Morgan fingerprint density at radius 3 is 1.85 bits per heavy atom. The molecule has 178 valence electrons. The zero-order chi connectivity index (χ0) is 23.1. The van der Waals surface area contributed by atoms with Crippen LogP contribution in [0.4, 0.5) is 0 Å². The summed E-state index contributed by atoms with van der Waals surface area (Å²) in [5.74, 6) is 8.62. The first-order valence-electron chi connectivity index (χ1n) is 14.0. The number of rotatable bonds is 12. The Hall–Kier alpha value is -2.00. The third-order valence-corrected chi connectivity index (χ3v) is 7.47. The lowest BCUT2D eigenvalue weighted by atomic mass is 9.80. The SMILES string of the molecule is CCCCCCCC1CCC(C#Cc2ccc(-c3ccc(CCCCCC)cc3)cc2)CC1. The van der Waals surface area contributed by atoms with Crippen molar-refractivity contribution in [1.82, 2.24) is 0 Å². The third-order valence-electron chi connectivity index (χ3n) is 7.47. The summed E-state index contributed by atoms with van der Waals surface area (Å²) in [7, 11) is 0. The lowest BCUT2D eigenvalue weighted by Crippen LogP contribution is -2.13. The fraction of sp³-hybridized carbons (Fsp3) is 0.576. The Balaban J connectivity index is 1.41. The number of benzene rings is 2. The quantitative estimate of drug-likeness (QED) is 0.226. The molecule has 3 rings (SSSR count). The van der Waals surface area contributed by atoms with Gasteiger partial charge in [0.25, 0.3) is 0 Å². The molecule has 0 aromatic heterocycles. The van der Waals surface area contributed by atoms with Crippen LogP contribution >= 0.6 is 0 Å². The molecule has 1 aliphatic carbocycles. The lowest BCUT2D eigenvalue weighted by Gasteiger charge is -2.25. The molecule has 2 aromatic carbocycles. The maximum absolute atomic E-state index is 3.59. The summed E-state index contributed by atoms with van der Waals surface area (Å²) in [6.07, 6.45) is 20.4. The third kappa shape index (κ3) is 9.41. The summed E-state index contributed by atoms with van der Waals surface area (Å²) >= 11 is 0. The highest BCUT2D eigenvalue weighted by Gasteiger charge is 2.19.